The minimum atomic E-state index is -0.579. The summed E-state index contributed by atoms with van der Waals surface area (Å²) < 4.78 is 15.7. The number of nitrogens with zero attached hydrogens (tertiary/aromatic N) is 1. The molecule has 0 radical (unpaired) electrons. The van der Waals surface area contributed by atoms with E-state index in [1.807, 2.05) is 48.5 Å². The van der Waals surface area contributed by atoms with Crippen LogP contribution in [0.2, 0.25) is 0 Å². The highest BCUT2D eigenvalue weighted by Gasteiger charge is 2.14. The van der Waals surface area contributed by atoms with Crippen molar-refractivity contribution in [3.05, 3.63) is 77.5 Å². The molecule has 0 atom stereocenters. The zero-order chi connectivity index (χ0) is 22.9. The van der Waals surface area contributed by atoms with E-state index >= 15 is 0 Å². The third kappa shape index (κ3) is 5.85. The van der Waals surface area contributed by atoms with Gasteiger partial charge in [-0.05, 0) is 43.2 Å². The van der Waals surface area contributed by atoms with Gasteiger partial charge in [-0.3, -0.25) is 9.78 Å². The smallest absolute Gasteiger partial charge is 0.340 e. The number of carbonyl (C=O) groups excluding carboxylic acids is 2. The summed E-state index contributed by atoms with van der Waals surface area (Å²) in [5.41, 5.74) is 3.60. The summed E-state index contributed by atoms with van der Waals surface area (Å²) in [4.78, 5) is 28.9. The van der Waals surface area contributed by atoms with Gasteiger partial charge in [-0.2, -0.15) is 0 Å². The second-order valence-electron chi connectivity index (χ2n) is 7.06. The molecular weight excluding hydrogens is 408 g/mol. The summed E-state index contributed by atoms with van der Waals surface area (Å²) in [6, 6.07) is 18.7. The van der Waals surface area contributed by atoms with Crippen LogP contribution in [0.3, 0.4) is 0 Å². The highest BCUT2D eigenvalue weighted by atomic mass is 16.5. The van der Waals surface area contributed by atoms with Gasteiger partial charge in [-0.1, -0.05) is 36.4 Å². The number of methoxy groups -OCH3 is 2. The molecular formula is C25H26N2O5. The van der Waals surface area contributed by atoms with Gasteiger partial charge in [-0.25, -0.2) is 4.79 Å². The predicted molar refractivity (Wildman–Crippen MR) is 121 cm³/mol. The van der Waals surface area contributed by atoms with Crippen molar-refractivity contribution in [2.24, 2.45) is 0 Å². The van der Waals surface area contributed by atoms with Crippen molar-refractivity contribution in [3.63, 3.8) is 0 Å². The number of hydrogen-bond donors (Lipinski definition) is 1. The molecule has 0 aliphatic carbocycles. The summed E-state index contributed by atoms with van der Waals surface area (Å²) in [6.07, 6.45) is 0.601. The van der Waals surface area contributed by atoms with Crippen LogP contribution in [0, 0.1) is 6.92 Å². The molecule has 1 N–H and O–H groups in total. The molecule has 32 heavy (non-hydrogen) atoms. The van der Waals surface area contributed by atoms with E-state index < -0.39 is 5.97 Å². The molecule has 0 fully saturated rings. The van der Waals surface area contributed by atoms with Gasteiger partial charge in [0.15, 0.2) is 18.1 Å². The molecule has 0 unspecified atom stereocenters. The number of hydrogen-bond acceptors (Lipinski definition) is 6. The number of ether oxygens (including phenoxy) is 3. The standard InChI is InChI=1S/C25H26N2O5/c1-17-20(10-11-21(27-17)19-7-5-4-6-8-19)25(29)32-16-24(28)26-14-13-18-9-12-22(30-2)23(15-18)31-3/h4-12,15H,13-14,16H2,1-3H3,(H,26,28). The zero-order valence-corrected chi connectivity index (χ0v) is 18.4. The molecule has 0 bridgehead atoms. The number of esters is 1. The van der Waals surface area contributed by atoms with Crippen molar-refractivity contribution < 1.29 is 23.8 Å². The van der Waals surface area contributed by atoms with Gasteiger partial charge in [-0.15, -0.1) is 0 Å². The van der Waals surface area contributed by atoms with E-state index in [1.165, 1.54) is 0 Å². The minimum absolute atomic E-state index is 0.336. The number of aryl methyl sites for hydroxylation is 1. The lowest BCUT2D eigenvalue weighted by molar-refractivity contribution is -0.124. The molecule has 3 rings (SSSR count). The molecule has 2 aromatic carbocycles. The molecule has 0 saturated heterocycles. The van der Waals surface area contributed by atoms with Crippen molar-refractivity contribution in [1.29, 1.82) is 0 Å². The first-order valence-electron chi connectivity index (χ1n) is 10.2. The summed E-state index contributed by atoms with van der Waals surface area (Å²) >= 11 is 0. The lowest BCUT2D eigenvalue weighted by Crippen LogP contribution is -2.30. The van der Waals surface area contributed by atoms with Crippen LogP contribution < -0.4 is 14.8 Å². The second kappa shape index (κ2) is 10.9. The fraction of sp³-hybridized carbons (Fsp3) is 0.240. The normalized spacial score (nSPS) is 10.3. The summed E-state index contributed by atoms with van der Waals surface area (Å²) in [6.45, 7) is 1.79. The molecule has 0 saturated carbocycles. The van der Waals surface area contributed by atoms with E-state index in [4.69, 9.17) is 14.2 Å². The topological polar surface area (TPSA) is 86.8 Å². The number of amides is 1. The fourth-order valence-electron chi connectivity index (χ4n) is 3.19. The molecule has 0 aliphatic heterocycles. The molecule has 0 spiro atoms. The summed E-state index contributed by atoms with van der Waals surface area (Å²) in [5, 5.41) is 2.75. The molecule has 7 nitrogen and oxygen atoms in total. The van der Waals surface area contributed by atoms with E-state index in [9.17, 15) is 9.59 Å². The van der Waals surface area contributed by atoms with Crippen LogP contribution >= 0.6 is 0 Å². The average molecular weight is 434 g/mol. The number of carbonyl (C=O) groups is 2. The molecule has 1 amide bonds. The Hall–Kier alpha value is -3.87. The maximum Gasteiger partial charge on any atom is 0.340 e. The highest BCUT2D eigenvalue weighted by molar-refractivity contribution is 5.92. The average Bonchev–Trinajstić information content (AvgIpc) is 2.82. The van der Waals surface area contributed by atoms with E-state index in [0.29, 0.717) is 35.7 Å². The minimum Gasteiger partial charge on any atom is -0.493 e. The van der Waals surface area contributed by atoms with Crippen LogP contribution in [0.15, 0.2) is 60.7 Å². The van der Waals surface area contributed by atoms with Crippen molar-refractivity contribution in [3.8, 4) is 22.8 Å². The summed E-state index contributed by atoms with van der Waals surface area (Å²) in [5.74, 6) is 0.330. The monoisotopic (exact) mass is 434 g/mol. The van der Waals surface area contributed by atoms with Gasteiger partial charge in [0, 0.05) is 12.1 Å². The molecule has 7 heteroatoms. The Kier molecular flexibility index (Phi) is 7.80. The molecule has 0 aliphatic rings. The summed E-state index contributed by atoms with van der Waals surface area (Å²) in [7, 11) is 3.15. The Morgan fingerprint density at radius 1 is 0.938 bits per heavy atom. The molecule has 1 aromatic heterocycles. The van der Waals surface area contributed by atoms with Crippen molar-refractivity contribution >= 4 is 11.9 Å². The fourth-order valence-corrected chi connectivity index (χ4v) is 3.19. The van der Waals surface area contributed by atoms with Crippen LogP contribution in [-0.2, 0) is 16.0 Å². The van der Waals surface area contributed by atoms with Gasteiger partial charge in [0.25, 0.3) is 5.91 Å². The zero-order valence-electron chi connectivity index (χ0n) is 18.4. The number of nitrogens with one attached hydrogen (secondary N) is 1. The Balaban J connectivity index is 1.48. The van der Waals surface area contributed by atoms with Gasteiger partial charge < -0.3 is 19.5 Å². The second-order valence-corrected chi connectivity index (χ2v) is 7.06. The SMILES string of the molecule is COc1ccc(CCNC(=O)COC(=O)c2ccc(-c3ccccc3)nc2C)cc1OC. The van der Waals surface area contributed by atoms with Gasteiger partial charge >= 0.3 is 5.97 Å². The Morgan fingerprint density at radius 3 is 2.38 bits per heavy atom. The highest BCUT2D eigenvalue weighted by Crippen LogP contribution is 2.27. The Bertz CT molecular complexity index is 1080. The number of rotatable bonds is 9. The maximum atomic E-state index is 12.4. The third-order valence-corrected chi connectivity index (χ3v) is 4.89. The van der Waals surface area contributed by atoms with Gasteiger partial charge in [0.05, 0.1) is 31.2 Å². The van der Waals surface area contributed by atoms with Crippen molar-refractivity contribution in [2.75, 3.05) is 27.4 Å². The lowest BCUT2D eigenvalue weighted by Gasteiger charge is -2.11. The van der Waals surface area contributed by atoms with E-state index in [2.05, 4.69) is 10.3 Å². The molecule has 3 aromatic rings. The Morgan fingerprint density at radius 2 is 1.69 bits per heavy atom. The van der Waals surface area contributed by atoms with Gasteiger partial charge in [0.1, 0.15) is 0 Å². The number of aromatic nitrogens is 1. The van der Waals surface area contributed by atoms with E-state index in [1.54, 1.807) is 33.3 Å². The predicted octanol–water partition coefficient (Wildman–Crippen LogP) is 3.59. The quantitative estimate of drug-likeness (QED) is 0.518. The van der Waals surface area contributed by atoms with E-state index in [-0.39, 0.29) is 12.5 Å². The first-order valence-corrected chi connectivity index (χ1v) is 10.2. The van der Waals surface area contributed by atoms with Crippen LogP contribution in [0.4, 0.5) is 0 Å². The largest absolute Gasteiger partial charge is 0.493 e. The number of pyridine rings is 1. The van der Waals surface area contributed by atoms with E-state index in [0.717, 1.165) is 16.8 Å². The van der Waals surface area contributed by atoms with Crippen LogP contribution in [-0.4, -0.2) is 44.2 Å². The van der Waals surface area contributed by atoms with Crippen molar-refractivity contribution in [1.82, 2.24) is 10.3 Å². The first-order chi connectivity index (χ1) is 15.5. The van der Waals surface area contributed by atoms with Crippen LogP contribution in [0.5, 0.6) is 11.5 Å². The van der Waals surface area contributed by atoms with Gasteiger partial charge in [0.2, 0.25) is 0 Å². The third-order valence-electron chi connectivity index (χ3n) is 4.89. The molecule has 166 valence electrons. The number of benzene rings is 2. The van der Waals surface area contributed by atoms with Crippen molar-refractivity contribution in [2.45, 2.75) is 13.3 Å². The maximum absolute atomic E-state index is 12.4. The Labute approximate surface area is 187 Å². The molecule has 1 heterocycles. The van der Waals surface area contributed by atoms with Crippen LogP contribution in [0.25, 0.3) is 11.3 Å². The first kappa shape index (κ1) is 22.8. The lowest BCUT2D eigenvalue weighted by atomic mass is 10.1. The van der Waals surface area contributed by atoms with Crippen LogP contribution in [0.1, 0.15) is 21.6 Å².